The Bertz CT molecular complexity index is 485. The number of carbonyl (C=O) groups excluding carboxylic acids is 2. The third kappa shape index (κ3) is 5.85. The molecule has 0 atom stereocenters. The van der Waals surface area contributed by atoms with Gasteiger partial charge in [-0.2, -0.15) is 0 Å². The highest BCUT2D eigenvalue weighted by molar-refractivity contribution is 5.83. The van der Waals surface area contributed by atoms with E-state index in [2.05, 4.69) is 0 Å². The van der Waals surface area contributed by atoms with E-state index < -0.39 is 5.97 Å². The second-order valence-electron chi connectivity index (χ2n) is 5.03. The lowest BCUT2D eigenvalue weighted by atomic mass is 10.2. The first-order valence-electron chi connectivity index (χ1n) is 7.08. The van der Waals surface area contributed by atoms with Crippen LogP contribution >= 0.6 is 0 Å². The van der Waals surface area contributed by atoms with Gasteiger partial charge >= 0.3 is 5.97 Å². The molecule has 0 saturated carbocycles. The van der Waals surface area contributed by atoms with Crippen LogP contribution in [0.25, 0.3) is 0 Å². The molecule has 0 N–H and O–H groups in total. The van der Waals surface area contributed by atoms with Crippen molar-refractivity contribution in [2.45, 2.75) is 33.7 Å². The SMILES string of the molecule is CCOC(=O)CN(C(=O)COc1cccc(C)c1)C(C)C. The van der Waals surface area contributed by atoms with E-state index in [9.17, 15) is 9.59 Å². The second kappa shape index (κ2) is 8.29. The quantitative estimate of drug-likeness (QED) is 0.723. The van der Waals surface area contributed by atoms with E-state index in [1.54, 1.807) is 13.0 Å². The maximum atomic E-state index is 12.2. The maximum Gasteiger partial charge on any atom is 0.325 e. The van der Waals surface area contributed by atoms with Crippen LogP contribution in [-0.4, -0.2) is 42.6 Å². The van der Waals surface area contributed by atoms with Gasteiger partial charge in [0, 0.05) is 6.04 Å². The lowest BCUT2D eigenvalue weighted by Crippen LogP contribution is -2.43. The van der Waals surface area contributed by atoms with Crippen molar-refractivity contribution in [1.29, 1.82) is 0 Å². The molecule has 116 valence electrons. The van der Waals surface area contributed by atoms with E-state index >= 15 is 0 Å². The van der Waals surface area contributed by atoms with Crippen molar-refractivity contribution in [2.24, 2.45) is 0 Å². The fourth-order valence-electron chi connectivity index (χ4n) is 1.84. The van der Waals surface area contributed by atoms with Crippen LogP contribution in [0.5, 0.6) is 5.75 Å². The highest BCUT2D eigenvalue weighted by Gasteiger charge is 2.21. The summed E-state index contributed by atoms with van der Waals surface area (Å²) < 4.78 is 10.4. The molecule has 5 nitrogen and oxygen atoms in total. The van der Waals surface area contributed by atoms with Crippen molar-refractivity contribution >= 4 is 11.9 Å². The number of ether oxygens (including phenoxy) is 2. The van der Waals surface area contributed by atoms with E-state index in [-0.39, 0.29) is 25.1 Å². The summed E-state index contributed by atoms with van der Waals surface area (Å²) in [4.78, 5) is 25.2. The molecule has 0 radical (unpaired) electrons. The molecule has 0 aromatic heterocycles. The van der Waals surface area contributed by atoms with Gasteiger partial charge in [0.25, 0.3) is 5.91 Å². The summed E-state index contributed by atoms with van der Waals surface area (Å²) in [6.45, 7) is 7.55. The Morgan fingerprint density at radius 1 is 1.29 bits per heavy atom. The van der Waals surface area contributed by atoms with Gasteiger partial charge in [-0.05, 0) is 45.4 Å². The predicted molar refractivity (Wildman–Crippen MR) is 80.2 cm³/mol. The van der Waals surface area contributed by atoms with Gasteiger partial charge in [-0.25, -0.2) is 0 Å². The fraction of sp³-hybridized carbons (Fsp3) is 0.500. The van der Waals surface area contributed by atoms with E-state index in [4.69, 9.17) is 9.47 Å². The number of nitrogens with zero attached hydrogens (tertiary/aromatic N) is 1. The molecule has 1 aromatic carbocycles. The smallest absolute Gasteiger partial charge is 0.325 e. The summed E-state index contributed by atoms with van der Waals surface area (Å²) in [7, 11) is 0. The Hall–Kier alpha value is -2.04. The van der Waals surface area contributed by atoms with Crippen molar-refractivity contribution in [1.82, 2.24) is 4.90 Å². The molecule has 21 heavy (non-hydrogen) atoms. The molecule has 0 saturated heterocycles. The molecule has 0 aliphatic heterocycles. The molecule has 0 unspecified atom stereocenters. The standard InChI is InChI=1S/C16H23NO4/c1-5-20-16(19)10-17(12(2)3)15(18)11-21-14-8-6-7-13(4)9-14/h6-9,12H,5,10-11H2,1-4H3. The van der Waals surface area contributed by atoms with E-state index in [0.717, 1.165) is 5.56 Å². The molecule has 1 rings (SSSR count). The van der Waals surface area contributed by atoms with Crippen LogP contribution in [-0.2, 0) is 14.3 Å². The molecule has 0 fully saturated rings. The Balaban J connectivity index is 2.59. The van der Waals surface area contributed by atoms with Crippen LogP contribution < -0.4 is 4.74 Å². The zero-order valence-corrected chi connectivity index (χ0v) is 13.1. The van der Waals surface area contributed by atoms with E-state index in [1.807, 2.05) is 39.0 Å². The molecule has 0 aliphatic rings. The topological polar surface area (TPSA) is 55.8 Å². The number of aryl methyl sites for hydroxylation is 1. The molecule has 5 heteroatoms. The van der Waals surface area contributed by atoms with Crippen molar-refractivity contribution in [3.63, 3.8) is 0 Å². The van der Waals surface area contributed by atoms with Crippen LogP contribution in [0.1, 0.15) is 26.3 Å². The minimum atomic E-state index is -0.407. The number of esters is 1. The van der Waals surface area contributed by atoms with Crippen molar-refractivity contribution in [3.8, 4) is 5.75 Å². The van der Waals surface area contributed by atoms with Gasteiger partial charge in [-0.15, -0.1) is 0 Å². The van der Waals surface area contributed by atoms with Crippen molar-refractivity contribution < 1.29 is 19.1 Å². The van der Waals surface area contributed by atoms with Gasteiger partial charge in [0.2, 0.25) is 0 Å². The number of benzene rings is 1. The lowest BCUT2D eigenvalue weighted by molar-refractivity contribution is -0.150. The molecule has 0 spiro atoms. The molecular formula is C16H23NO4. The molecule has 1 aromatic rings. The van der Waals surface area contributed by atoms with Gasteiger partial charge in [-0.3, -0.25) is 9.59 Å². The Morgan fingerprint density at radius 2 is 2.00 bits per heavy atom. The molecule has 0 aliphatic carbocycles. The molecule has 0 bridgehead atoms. The van der Waals surface area contributed by atoms with Crippen LogP contribution in [0.4, 0.5) is 0 Å². The number of carbonyl (C=O) groups is 2. The van der Waals surface area contributed by atoms with Gasteiger partial charge < -0.3 is 14.4 Å². The highest BCUT2D eigenvalue weighted by Crippen LogP contribution is 2.12. The largest absolute Gasteiger partial charge is 0.484 e. The first kappa shape index (κ1) is 17.0. The number of rotatable bonds is 7. The maximum absolute atomic E-state index is 12.2. The van der Waals surface area contributed by atoms with Gasteiger partial charge in [0.1, 0.15) is 12.3 Å². The monoisotopic (exact) mass is 293 g/mol. The third-order valence-corrected chi connectivity index (χ3v) is 2.90. The summed E-state index contributed by atoms with van der Waals surface area (Å²) >= 11 is 0. The Kier molecular flexibility index (Phi) is 6.72. The second-order valence-corrected chi connectivity index (χ2v) is 5.03. The zero-order chi connectivity index (χ0) is 15.8. The van der Waals surface area contributed by atoms with Crippen LogP contribution in [0.2, 0.25) is 0 Å². The average Bonchev–Trinajstić information content (AvgIpc) is 2.42. The summed E-state index contributed by atoms with van der Waals surface area (Å²) in [6.07, 6.45) is 0. The van der Waals surface area contributed by atoms with Gasteiger partial charge in [-0.1, -0.05) is 12.1 Å². The minimum absolute atomic E-state index is 0.0541. The fourth-order valence-corrected chi connectivity index (χ4v) is 1.84. The van der Waals surface area contributed by atoms with Crippen LogP contribution in [0, 0.1) is 6.92 Å². The Labute approximate surface area is 125 Å². The van der Waals surface area contributed by atoms with E-state index in [1.165, 1.54) is 4.90 Å². The van der Waals surface area contributed by atoms with Gasteiger partial charge in [0.15, 0.2) is 6.61 Å². The summed E-state index contributed by atoms with van der Waals surface area (Å²) in [5, 5.41) is 0. The summed E-state index contributed by atoms with van der Waals surface area (Å²) in [6, 6.07) is 7.39. The lowest BCUT2D eigenvalue weighted by Gasteiger charge is -2.25. The summed E-state index contributed by atoms with van der Waals surface area (Å²) in [5.74, 6) is -0.00199. The van der Waals surface area contributed by atoms with Crippen molar-refractivity contribution in [2.75, 3.05) is 19.8 Å². The number of amides is 1. The average molecular weight is 293 g/mol. The first-order valence-corrected chi connectivity index (χ1v) is 7.08. The minimum Gasteiger partial charge on any atom is -0.484 e. The first-order chi connectivity index (χ1) is 9.93. The number of hydrogen-bond donors (Lipinski definition) is 0. The predicted octanol–water partition coefficient (Wildman–Crippen LogP) is 2.17. The highest BCUT2D eigenvalue weighted by atomic mass is 16.5. The van der Waals surface area contributed by atoms with Crippen LogP contribution in [0.3, 0.4) is 0 Å². The van der Waals surface area contributed by atoms with Crippen LogP contribution in [0.15, 0.2) is 24.3 Å². The third-order valence-electron chi connectivity index (χ3n) is 2.90. The van der Waals surface area contributed by atoms with Crippen molar-refractivity contribution in [3.05, 3.63) is 29.8 Å². The Morgan fingerprint density at radius 3 is 2.57 bits per heavy atom. The zero-order valence-electron chi connectivity index (χ0n) is 13.1. The summed E-state index contributed by atoms with van der Waals surface area (Å²) in [5.41, 5.74) is 1.06. The van der Waals surface area contributed by atoms with Gasteiger partial charge in [0.05, 0.1) is 6.61 Å². The normalized spacial score (nSPS) is 10.3. The molecule has 1 amide bonds. The molecule has 0 heterocycles. The molecular weight excluding hydrogens is 270 g/mol. The number of hydrogen-bond acceptors (Lipinski definition) is 4. The van der Waals surface area contributed by atoms with E-state index in [0.29, 0.717) is 12.4 Å².